The van der Waals surface area contributed by atoms with E-state index < -0.39 is 4.92 Å². The van der Waals surface area contributed by atoms with Crippen molar-refractivity contribution in [3.8, 4) is 0 Å². The van der Waals surface area contributed by atoms with Crippen molar-refractivity contribution >= 4 is 11.8 Å². The first-order valence-electron chi connectivity index (χ1n) is 7.04. The zero-order valence-corrected chi connectivity index (χ0v) is 11.8. The number of ether oxygens (including phenoxy) is 1. The van der Waals surface area contributed by atoms with Crippen LogP contribution in [-0.4, -0.2) is 4.92 Å². The van der Waals surface area contributed by atoms with Crippen LogP contribution in [0.4, 0.5) is 5.69 Å². The predicted octanol–water partition coefficient (Wildman–Crippen LogP) is 4.51. The molecule has 4 heteroatoms. The number of benzene rings is 2. The number of nitro groups is 1. The average Bonchev–Trinajstić information content (AvgIpc) is 3.02. The van der Waals surface area contributed by atoms with Gasteiger partial charge in [-0.05, 0) is 29.3 Å². The van der Waals surface area contributed by atoms with E-state index in [0.29, 0.717) is 0 Å². The van der Waals surface area contributed by atoms with Gasteiger partial charge in [-0.25, -0.2) is 0 Å². The molecule has 0 N–H and O–H groups in total. The van der Waals surface area contributed by atoms with Gasteiger partial charge in [-0.2, -0.15) is 0 Å². The lowest BCUT2D eigenvalue weighted by atomic mass is 9.96. The molecule has 110 valence electrons. The topological polar surface area (TPSA) is 52.4 Å². The molecule has 0 spiro atoms. The first-order chi connectivity index (χ1) is 10.7. The third-order valence-electron chi connectivity index (χ3n) is 3.62. The van der Waals surface area contributed by atoms with Gasteiger partial charge in [0.15, 0.2) is 0 Å². The Morgan fingerprint density at radius 3 is 2.45 bits per heavy atom. The standard InChI is InChI=1S/C18H15NO3/c20-19(21)17-10-7-14(8-11-17)6-9-16-12-13-22-18(16)15-4-2-1-3-5-15/h1-13,16,18H/b9-6+/t16-,18-/m1/s1. The van der Waals surface area contributed by atoms with Crippen LogP contribution in [0.25, 0.3) is 6.08 Å². The second-order valence-corrected chi connectivity index (χ2v) is 5.08. The van der Waals surface area contributed by atoms with Gasteiger partial charge in [-0.3, -0.25) is 10.1 Å². The number of rotatable bonds is 4. The molecule has 1 heterocycles. The summed E-state index contributed by atoms with van der Waals surface area (Å²) in [5, 5.41) is 10.6. The van der Waals surface area contributed by atoms with E-state index in [1.165, 1.54) is 12.1 Å². The lowest BCUT2D eigenvalue weighted by molar-refractivity contribution is -0.384. The van der Waals surface area contributed by atoms with Crippen LogP contribution in [0.2, 0.25) is 0 Å². The van der Waals surface area contributed by atoms with Crippen LogP contribution in [0.1, 0.15) is 17.2 Å². The molecule has 0 aromatic heterocycles. The van der Waals surface area contributed by atoms with Gasteiger partial charge < -0.3 is 4.74 Å². The molecule has 22 heavy (non-hydrogen) atoms. The Kier molecular flexibility index (Phi) is 4.01. The van der Waals surface area contributed by atoms with Crippen LogP contribution in [0.3, 0.4) is 0 Å². The molecular weight excluding hydrogens is 278 g/mol. The summed E-state index contributed by atoms with van der Waals surface area (Å²) < 4.78 is 5.67. The minimum Gasteiger partial charge on any atom is -0.493 e. The Labute approximate surface area is 128 Å². The molecule has 4 nitrogen and oxygen atoms in total. The summed E-state index contributed by atoms with van der Waals surface area (Å²) in [4.78, 5) is 10.2. The van der Waals surface area contributed by atoms with Crippen molar-refractivity contribution in [1.29, 1.82) is 0 Å². The normalized spacial score (nSPS) is 20.2. The molecule has 1 aliphatic rings. The van der Waals surface area contributed by atoms with Crippen molar-refractivity contribution in [3.63, 3.8) is 0 Å². The minimum atomic E-state index is -0.396. The first-order valence-corrected chi connectivity index (χ1v) is 7.04. The van der Waals surface area contributed by atoms with Crippen LogP contribution < -0.4 is 0 Å². The van der Waals surface area contributed by atoms with Gasteiger partial charge in [0.2, 0.25) is 0 Å². The van der Waals surface area contributed by atoms with E-state index in [-0.39, 0.29) is 17.7 Å². The van der Waals surface area contributed by atoms with Gasteiger partial charge in [-0.1, -0.05) is 42.5 Å². The Hall–Kier alpha value is -2.88. The third-order valence-corrected chi connectivity index (χ3v) is 3.62. The maximum atomic E-state index is 10.6. The van der Waals surface area contributed by atoms with Crippen molar-refractivity contribution in [2.24, 2.45) is 5.92 Å². The Bertz CT molecular complexity index is 705. The highest BCUT2D eigenvalue weighted by Gasteiger charge is 2.23. The third kappa shape index (κ3) is 3.06. The van der Waals surface area contributed by atoms with Crippen molar-refractivity contribution < 1.29 is 9.66 Å². The number of nitro benzene ring substituents is 1. The minimum absolute atomic E-state index is 0.0181. The second kappa shape index (κ2) is 6.26. The fourth-order valence-electron chi connectivity index (χ4n) is 2.45. The maximum Gasteiger partial charge on any atom is 0.269 e. The molecule has 0 fully saturated rings. The van der Waals surface area contributed by atoms with Gasteiger partial charge in [0.05, 0.1) is 11.2 Å². The molecule has 0 aliphatic carbocycles. The largest absolute Gasteiger partial charge is 0.493 e. The van der Waals surface area contributed by atoms with Crippen LogP contribution in [0.5, 0.6) is 0 Å². The molecule has 0 unspecified atom stereocenters. The molecule has 0 amide bonds. The van der Waals surface area contributed by atoms with Gasteiger partial charge in [-0.15, -0.1) is 0 Å². The number of nitrogens with zero attached hydrogens (tertiary/aromatic N) is 1. The zero-order chi connectivity index (χ0) is 15.4. The summed E-state index contributed by atoms with van der Waals surface area (Å²) in [7, 11) is 0. The van der Waals surface area contributed by atoms with Gasteiger partial charge >= 0.3 is 0 Å². The fourth-order valence-corrected chi connectivity index (χ4v) is 2.45. The molecule has 1 aliphatic heterocycles. The summed E-state index contributed by atoms with van der Waals surface area (Å²) in [6, 6.07) is 16.6. The van der Waals surface area contributed by atoms with Gasteiger partial charge in [0.1, 0.15) is 6.10 Å². The van der Waals surface area contributed by atoms with Crippen molar-refractivity contribution in [3.05, 3.63) is 94.3 Å². The van der Waals surface area contributed by atoms with Crippen LogP contribution >= 0.6 is 0 Å². The molecule has 0 saturated carbocycles. The Morgan fingerprint density at radius 1 is 1.05 bits per heavy atom. The molecule has 3 rings (SSSR count). The highest BCUT2D eigenvalue weighted by atomic mass is 16.6. The molecule has 0 saturated heterocycles. The highest BCUT2D eigenvalue weighted by molar-refractivity contribution is 5.52. The van der Waals surface area contributed by atoms with E-state index in [2.05, 4.69) is 6.08 Å². The lowest BCUT2D eigenvalue weighted by Crippen LogP contribution is -2.05. The van der Waals surface area contributed by atoms with Crippen molar-refractivity contribution in [2.45, 2.75) is 6.10 Å². The van der Waals surface area contributed by atoms with Crippen molar-refractivity contribution in [1.82, 2.24) is 0 Å². The smallest absolute Gasteiger partial charge is 0.269 e. The summed E-state index contributed by atoms with van der Waals surface area (Å²) in [6.07, 6.45) is 7.74. The van der Waals surface area contributed by atoms with E-state index in [4.69, 9.17) is 4.74 Å². The lowest BCUT2D eigenvalue weighted by Gasteiger charge is -2.16. The van der Waals surface area contributed by atoms with Crippen molar-refractivity contribution in [2.75, 3.05) is 0 Å². The summed E-state index contributed by atoms with van der Waals surface area (Å²) in [5.41, 5.74) is 2.16. The highest BCUT2D eigenvalue weighted by Crippen LogP contribution is 2.33. The zero-order valence-electron chi connectivity index (χ0n) is 11.8. The second-order valence-electron chi connectivity index (χ2n) is 5.08. The molecule has 2 atom stereocenters. The Balaban J connectivity index is 1.74. The molecule has 2 aromatic carbocycles. The van der Waals surface area contributed by atoms with Gasteiger partial charge in [0, 0.05) is 18.1 Å². The van der Waals surface area contributed by atoms with E-state index in [9.17, 15) is 10.1 Å². The molecule has 2 aromatic rings. The SMILES string of the molecule is O=[N+]([O-])c1ccc(/C=C/[C@@H]2C=CO[C@@H]2c2ccccc2)cc1. The predicted molar refractivity (Wildman–Crippen MR) is 85.0 cm³/mol. The molecular formula is C18H15NO3. The first kappa shape index (κ1) is 14.1. The van der Waals surface area contributed by atoms with E-state index in [0.717, 1.165) is 11.1 Å². The number of hydrogen-bond donors (Lipinski definition) is 0. The molecule has 0 bridgehead atoms. The van der Waals surface area contributed by atoms with E-state index in [1.54, 1.807) is 18.4 Å². The monoisotopic (exact) mass is 293 g/mol. The van der Waals surface area contributed by atoms with E-state index in [1.807, 2.05) is 42.5 Å². The number of hydrogen-bond acceptors (Lipinski definition) is 3. The van der Waals surface area contributed by atoms with E-state index >= 15 is 0 Å². The summed E-state index contributed by atoms with van der Waals surface area (Å²) in [6.45, 7) is 0. The average molecular weight is 293 g/mol. The summed E-state index contributed by atoms with van der Waals surface area (Å²) >= 11 is 0. The molecule has 0 radical (unpaired) electrons. The fraction of sp³-hybridized carbons (Fsp3) is 0.111. The van der Waals surface area contributed by atoms with Crippen LogP contribution in [0, 0.1) is 16.0 Å². The van der Waals surface area contributed by atoms with Crippen LogP contribution in [0.15, 0.2) is 73.0 Å². The summed E-state index contributed by atoms with van der Waals surface area (Å²) in [5.74, 6) is 0.151. The maximum absolute atomic E-state index is 10.6. The quantitative estimate of drug-likeness (QED) is 0.615. The number of non-ortho nitro benzene ring substituents is 1. The van der Waals surface area contributed by atoms with Crippen LogP contribution in [-0.2, 0) is 4.74 Å². The Morgan fingerprint density at radius 2 is 1.77 bits per heavy atom. The van der Waals surface area contributed by atoms with Gasteiger partial charge in [0.25, 0.3) is 5.69 Å².